The summed E-state index contributed by atoms with van der Waals surface area (Å²) in [7, 11) is 0. The van der Waals surface area contributed by atoms with Gasteiger partial charge in [-0.05, 0) is 36.4 Å². The molecule has 0 saturated heterocycles. The molecular weight excluding hydrogens is 376 g/mol. The number of carbonyl (C=O) groups is 2. The standard InChI is InChI=1S/C20H20N4O3S/c21-10-11-27-17-8-6-15(7-9-17)22-18(25)12-16-13-28-20(23-16)24-19(26)14-4-2-1-3-5-14/h1-9,13H,10-12,21H2,(H,22,25)(H,23,24,26). The Morgan fingerprint density at radius 3 is 2.50 bits per heavy atom. The summed E-state index contributed by atoms with van der Waals surface area (Å²) < 4.78 is 5.40. The fourth-order valence-corrected chi connectivity index (χ4v) is 3.09. The number of amides is 2. The average molecular weight is 396 g/mol. The molecule has 0 aliphatic rings. The number of nitrogens with one attached hydrogen (secondary N) is 2. The first-order valence-corrected chi connectivity index (χ1v) is 9.55. The SMILES string of the molecule is NCCOc1ccc(NC(=O)Cc2csc(NC(=O)c3ccccc3)n2)cc1. The Hall–Kier alpha value is -3.23. The quantitative estimate of drug-likeness (QED) is 0.543. The van der Waals surface area contributed by atoms with Crippen molar-refractivity contribution in [3.63, 3.8) is 0 Å². The predicted molar refractivity (Wildman–Crippen MR) is 110 cm³/mol. The molecule has 0 fully saturated rings. The highest BCUT2D eigenvalue weighted by atomic mass is 32.1. The van der Waals surface area contributed by atoms with E-state index < -0.39 is 0 Å². The number of hydrogen-bond donors (Lipinski definition) is 3. The monoisotopic (exact) mass is 396 g/mol. The molecule has 8 heteroatoms. The minimum atomic E-state index is -0.233. The maximum absolute atomic E-state index is 12.2. The Kier molecular flexibility index (Phi) is 6.72. The normalized spacial score (nSPS) is 10.3. The lowest BCUT2D eigenvalue weighted by Gasteiger charge is -2.07. The third-order valence-corrected chi connectivity index (χ3v) is 4.48. The van der Waals surface area contributed by atoms with Gasteiger partial charge in [0.1, 0.15) is 12.4 Å². The molecule has 2 aromatic carbocycles. The van der Waals surface area contributed by atoms with Crippen molar-refractivity contribution < 1.29 is 14.3 Å². The second-order valence-corrected chi connectivity index (χ2v) is 6.71. The number of rotatable bonds is 8. The number of ether oxygens (including phenoxy) is 1. The highest BCUT2D eigenvalue weighted by Crippen LogP contribution is 2.19. The molecular formula is C20H20N4O3S. The third kappa shape index (κ3) is 5.63. The van der Waals surface area contributed by atoms with E-state index in [1.54, 1.807) is 53.9 Å². The average Bonchev–Trinajstić information content (AvgIpc) is 3.14. The number of hydrogen-bond acceptors (Lipinski definition) is 6. The second-order valence-electron chi connectivity index (χ2n) is 5.85. The van der Waals surface area contributed by atoms with Crippen LogP contribution >= 0.6 is 11.3 Å². The van der Waals surface area contributed by atoms with Crippen molar-refractivity contribution in [2.24, 2.45) is 5.73 Å². The third-order valence-electron chi connectivity index (χ3n) is 3.67. The number of carbonyl (C=O) groups excluding carboxylic acids is 2. The molecule has 0 atom stereocenters. The Bertz CT molecular complexity index is 926. The van der Waals surface area contributed by atoms with Gasteiger partial charge in [0, 0.05) is 23.2 Å². The summed E-state index contributed by atoms with van der Waals surface area (Å²) >= 11 is 1.28. The van der Waals surface area contributed by atoms with Gasteiger partial charge >= 0.3 is 0 Å². The zero-order chi connectivity index (χ0) is 19.8. The fraction of sp³-hybridized carbons (Fsp3) is 0.150. The van der Waals surface area contributed by atoms with Crippen molar-refractivity contribution in [3.8, 4) is 5.75 Å². The van der Waals surface area contributed by atoms with Crippen molar-refractivity contribution in [1.82, 2.24) is 4.98 Å². The first kappa shape index (κ1) is 19.5. The van der Waals surface area contributed by atoms with E-state index in [9.17, 15) is 9.59 Å². The van der Waals surface area contributed by atoms with Gasteiger partial charge in [0.2, 0.25) is 5.91 Å². The summed E-state index contributed by atoms with van der Waals surface area (Å²) in [5.41, 5.74) is 7.20. The van der Waals surface area contributed by atoms with Crippen LogP contribution in [0.3, 0.4) is 0 Å². The van der Waals surface area contributed by atoms with Gasteiger partial charge in [-0.15, -0.1) is 11.3 Å². The minimum absolute atomic E-state index is 0.114. The van der Waals surface area contributed by atoms with Gasteiger partial charge in [-0.3, -0.25) is 14.9 Å². The second kappa shape index (κ2) is 9.63. The summed E-state index contributed by atoms with van der Waals surface area (Å²) in [6.45, 7) is 0.887. The molecule has 7 nitrogen and oxygen atoms in total. The van der Waals surface area contributed by atoms with Crippen LogP contribution in [0.2, 0.25) is 0 Å². The van der Waals surface area contributed by atoms with E-state index in [0.717, 1.165) is 0 Å². The molecule has 0 spiro atoms. The number of anilines is 2. The van der Waals surface area contributed by atoms with E-state index in [4.69, 9.17) is 10.5 Å². The first-order chi connectivity index (χ1) is 13.6. The summed E-state index contributed by atoms with van der Waals surface area (Å²) in [4.78, 5) is 28.6. The van der Waals surface area contributed by atoms with Crippen LogP contribution in [0.5, 0.6) is 5.75 Å². The highest BCUT2D eigenvalue weighted by molar-refractivity contribution is 7.14. The lowest BCUT2D eigenvalue weighted by atomic mass is 10.2. The van der Waals surface area contributed by atoms with E-state index in [1.165, 1.54) is 11.3 Å². The van der Waals surface area contributed by atoms with Crippen molar-refractivity contribution in [3.05, 3.63) is 71.2 Å². The van der Waals surface area contributed by atoms with Gasteiger partial charge in [0.05, 0.1) is 12.1 Å². The number of nitrogens with zero attached hydrogens (tertiary/aromatic N) is 1. The molecule has 0 unspecified atom stereocenters. The number of thiazole rings is 1. The molecule has 0 aliphatic carbocycles. The van der Waals surface area contributed by atoms with Crippen LogP contribution in [-0.4, -0.2) is 29.9 Å². The first-order valence-electron chi connectivity index (χ1n) is 8.67. The summed E-state index contributed by atoms with van der Waals surface area (Å²) in [5.74, 6) is 0.270. The van der Waals surface area contributed by atoms with Crippen LogP contribution in [-0.2, 0) is 11.2 Å². The van der Waals surface area contributed by atoms with Crippen LogP contribution in [0.4, 0.5) is 10.8 Å². The summed E-state index contributed by atoms with van der Waals surface area (Å²) in [5, 5.41) is 7.76. The lowest BCUT2D eigenvalue weighted by Crippen LogP contribution is -2.15. The van der Waals surface area contributed by atoms with Crippen molar-refractivity contribution in [1.29, 1.82) is 0 Å². The minimum Gasteiger partial charge on any atom is -0.492 e. The molecule has 2 amide bonds. The van der Waals surface area contributed by atoms with E-state index in [-0.39, 0.29) is 18.2 Å². The molecule has 1 aromatic heterocycles. The van der Waals surface area contributed by atoms with Crippen LogP contribution in [0, 0.1) is 0 Å². The fourth-order valence-electron chi connectivity index (χ4n) is 2.39. The lowest BCUT2D eigenvalue weighted by molar-refractivity contribution is -0.115. The van der Waals surface area contributed by atoms with Crippen LogP contribution in [0.1, 0.15) is 16.1 Å². The summed E-state index contributed by atoms with van der Waals surface area (Å²) in [6.07, 6.45) is 0.114. The van der Waals surface area contributed by atoms with E-state index in [0.29, 0.717) is 41.0 Å². The van der Waals surface area contributed by atoms with Crippen molar-refractivity contribution in [2.75, 3.05) is 23.8 Å². The van der Waals surface area contributed by atoms with Gasteiger partial charge < -0.3 is 15.8 Å². The largest absolute Gasteiger partial charge is 0.492 e. The molecule has 0 aliphatic heterocycles. The number of nitrogens with two attached hydrogens (primary N) is 1. The predicted octanol–water partition coefficient (Wildman–Crippen LogP) is 2.91. The van der Waals surface area contributed by atoms with E-state index in [2.05, 4.69) is 15.6 Å². The Morgan fingerprint density at radius 1 is 1.04 bits per heavy atom. The van der Waals surface area contributed by atoms with Crippen LogP contribution in [0.25, 0.3) is 0 Å². The van der Waals surface area contributed by atoms with E-state index in [1.807, 2.05) is 6.07 Å². The Labute approximate surface area is 166 Å². The molecule has 28 heavy (non-hydrogen) atoms. The Morgan fingerprint density at radius 2 is 1.79 bits per heavy atom. The smallest absolute Gasteiger partial charge is 0.257 e. The highest BCUT2D eigenvalue weighted by Gasteiger charge is 2.11. The molecule has 0 saturated carbocycles. The molecule has 144 valence electrons. The molecule has 3 aromatic rings. The van der Waals surface area contributed by atoms with Gasteiger partial charge in [-0.1, -0.05) is 18.2 Å². The molecule has 1 heterocycles. The molecule has 0 bridgehead atoms. The van der Waals surface area contributed by atoms with Gasteiger partial charge in [-0.2, -0.15) is 0 Å². The molecule has 4 N–H and O–H groups in total. The molecule has 3 rings (SSSR count). The van der Waals surface area contributed by atoms with Crippen LogP contribution in [0.15, 0.2) is 60.0 Å². The van der Waals surface area contributed by atoms with Gasteiger partial charge in [0.15, 0.2) is 5.13 Å². The van der Waals surface area contributed by atoms with Crippen molar-refractivity contribution in [2.45, 2.75) is 6.42 Å². The maximum Gasteiger partial charge on any atom is 0.257 e. The Balaban J connectivity index is 1.51. The van der Waals surface area contributed by atoms with Crippen molar-refractivity contribution >= 4 is 34.0 Å². The topological polar surface area (TPSA) is 106 Å². The van der Waals surface area contributed by atoms with E-state index >= 15 is 0 Å². The number of aromatic nitrogens is 1. The summed E-state index contributed by atoms with van der Waals surface area (Å²) in [6, 6.07) is 15.9. The van der Waals surface area contributed by atoms with Gasteiger partial charge in [-0.25, -0.2) is 4.98 Å². The maximum atomic E-state index is 12.2. The number of benzene rings is 2. The molecule has 0 radical (unpaired) electrons. The zero-order valence-corrected chi connectivity index (χ0v) is 15.9. The van der Waals surface area contributed by atoms with Crippen LogP contribution < -0.4 is 21.1 Å². The zero-order valence-electron chi connectivity index (χ0n) is 15.1. The van der Waals surface area contributed by atoms with Gasteiger partial charge in [0.25, 0.3) is 5.91 Å².